The summed E-state index contributed by atoms with van der Waals surface area (Å²) in [5.41, 5.74) is 0.479. The van der Waals surface area contributed by atoms with E-state index < -0.39 is 16.0 Å². The minimum atomic E-state index is -3.67. The van der Waals surface area contributed by atoms with Gasteiger partial charge in [0.05, 0.1) is 37.5 Å². The fraction of sp³-hybridized carbons (Fsp3) is 0.385. The molecule has 0 unspecified atom stereocenters. The van der Waals surface area contributed by atoms with Crippen molar-refractivity contribution in [2.75, 3.05) is 23.7 Å². The van der Waals surface area contributed by atoms with Gasteiger partial charge in [0.15, 0.2) is 0 Å². The Kier molecular flexibility index (Phi) is 6.00. The van der Waals surface area contributed by atoms with Crippen LogP contribution in [0.25, 0.3) is 0 Å². The normalized spacial score (nSPS) is 10.6. The number of carbonyl (C=O) groups is 1. The number of rotatable bonds is 7. The van der Waals surface area contributed by atoms with Crippen molar-refractivity contribution in [3.8, 4) is 6.07 Å². The van der Waals surface area contributed by atoms with Crippen molar-refractivity contribution >= 4 is 21.7 Å². The number of benzene rings is 1. The molecule has 0 amide bonds. The van der Waals surface area contributed by atoms with Crippen molar-refractivity contribution in [3.05, 3.63) is 30.3 Å². The first-order valence-corrected chi connectivity index (χ1v) is 7.61. The zero-order valence-corrected chi connectivity index (χ0v) is 12.0. The molecule has 0 bridgehead atoms. The molecule has 0 heterocycles. The fourth-order valence-electron chi connectivity index (χ4n) is 1.60. The molecule has 0 spiro atoms. The Hall–Kier alpha value is -2.07. The van der Waals surface area contributed by atoms with Crippen molar-refractivity contribution < 1.29 is 17.9 Å². The van der Waals surface area contributed by atoms with Gasteiger partial charge < -0.3 is 4.74 Å². The average Bonchev–Trinajstić information content (AvgIpc) is 2.46. The van der Waals surface area contributed by atoms with Crippen LogP contribution in [0.3, 0.4) is 0 Å². The number of carbonyl (C=O) groups excluding carboxylic acids is 1. The second-order valence-electron chi connectivity index (χ2n) is 3.96. The Morgan fingerprint density at radius 1 is 1.35 bits per heavy atom. The summed E-state index contributed by atoms with van der Waals surface area (Å²) in [5.74, 6) is -0.929. The Labute approximate surface area is 118 Å². The highest BCUT2D eigenvalue weighted by Gasteiger charge is 2.23. The number of esters is 1. The summed E-state index contributed by atoms with van der Waals surface area (Å²) in [7, 11) is -2.46. The third kappa shape index (κ3) is 4.55. The van der Waals surface area contributed by atoms with Gasteiger partial charge in [-0.15, -0.1) is 0 Å². The number of methoxy groups -OCH3 is 1. The zero-order valence-electron chi connectivity index (χ0n) is 11.2. The third-order valence-corrected chi connectivity index (χ3v) is 4.38. The molecule has 0 radical (unpaired) electrons. The summed E-state index contributed by atoms with van der Waals surface area (Å²) in [6, 6.07) is 10.4. The van der Waals surface area contributed by atoms with Crippen LogP contribution in [0.1, 0.15) is 12.8 Å². The fourth-order valence-corrected chi connectivity index (χ4v) is 3.06. The first kappa shape index (κ1) is 16.0. The number of nitriles is 1. The van der Waals surface area contributed by atoms with Crippen LogP contribution in [-0.2, 0) is 19.6 Å². The summed E-state index contributed by atoms with van der Waals surface area (Å²) in [6.07, 6.45) is -0.138. The Balaban J connectivity index is 2.93. The lowest BCUT2D eigenvalue weighted by atomic mass is 10.3. The number of hydrogen-bond donors (Lipinski definition) is 0. The quantitative estimate of drug-likeness (QED) is 0.708. The van der Waals surface area contributed by atoms with E-state index in [4.69, 9.17) is 5.26 Å². The summed E-state index contributed by atoms with van der Waals surface area (Å²) in [6.45, 7) is 0.0595. The molecular weight excluding hydrogens is 280 g/mol. The smallest absolute Gasteiger partial charge is 0.306 e. The van der Waals surface area contributed by atoms with Gasteiger partial charge in [-0.1, -0.05) is 18.2 Å². The van der Waals surface area contributed by atoms with Crippen molar-refractivity contribution in [2.45, 2.75) is 12.8 Å². The second kappa shape index (κ2) is 7.50. The number of para-hydroxylation sites is 1. The molecular formula is C13H16N2O4S. The lowest BCUT2D eigenvalue weighted by Crippen LogP contribution is -2.34. The lowest BCUT2D eigenvalue weighted by molar-refractivity contribution is -0.140. The lowest BCUT2D eigenvalue weighted by Gasteiger charge is -2.23. The highest BCUT2D eigenvalue weighted by molar-refractivity contribution is 7.92. The maximum absolute atomic E-state index is 12.3. The predicted molar refractivity (Wildman–Crippen MR) is 74.4 cm³/mol. The molecule has 0 saturated carbocycles. The first-order chi connectivity index (χ1) is 9.51. The molecule has 0 atom stereocenters. The van der Waals surface area contributed by atoms with E-state index in [1.807, 2.05) is 6.07 Å². The standard InChI is InChI=1S/C13H16N2O4S/c1-19-13(16)8-11-20(17,18)15(10-5-9-14)12-6-3-2-4-7-12/h2-4,6-7H,5,8,10-11H2,1H3. The maximum Gasteiger partial charge on any atom is 0.306 e. The number of ether oxygens (including phenoxy) is 1. The Morgan fingerprint density at radius 2 is 2.00 bits per heavy atom. The first-order valence-electron chi connectivity index (χ1n) is 6.00. The minimum absolute atomic E-state index is 0.0595. The molecule has 0 N–H and O–H groups in total. The summed E-state index contributed by atoms with van der Waals surface area (Å²) < 4.78 is 30.1. The van der Waals surface area contributed by atoms with Crippen LogP contribution in [0, 0.1) is 11.3 Å². The SMILES string of the molecule is COC(=O)CCS(=O)(=O)N(CCC#N)c1ccccc1. The van der Waals surface area contributed by atoms with Crippen molar-refractivity contribution in [3.63, 3.8) is 0 Å². The van der Waals surface area contributed by atoms with E-state index in [-0.39, 0.29) is 25.1 Å². The molecule has 7 heteroatoms. The third-order valence-electron chi connectivity index (χ3n) is 2.60. The molecule has 0 fully saturated rings. The van der Waals surface area contributed by atoms with E-state index in [9.17, 15) is 13.2 Å². The van der Waals surface area contributed by atoms with Crippen LogP contribution in [0.15, 0.2) is 30.3 Å². The molecule has 108 valence electrons. The molecule has 1 aromatic carbocycles. The topological polar surface area (TPSA) is 87.5 Å². The van der Waals surface area contributed by atoms with Gasteiger partial charge in [0.1, 0.15) is 0 Å². The highest BCUT2D eigenvalue weighted by Crippen LogP contribution is 2.18. The molecule has 0 aliphatic rings. The number of hydrogen-bond acceptors (Lipinski definition) is 5. The van der Waals surface area contributed by atoms with Crippen LogP contribution in [0.2, 0.25) is 0 Å². The minimum Gasteiger partial charge on any atom is -0.469 e. The van der Waals surface area contributed by atoms with Gasteiger partial charge >= 0.3 is 5.97 Å². The summed E-state index contributed by atoms with van der Waals surface area (Å²) in [4.78, 5) is 11.1. The van der Waals surface area contributed by atoms with Gasteiger partial charge in [-0.2, -0.15) is 5.26 Å². The zero-order chi connectivity index (χ0) is 15.0. The van der Waals surface area contributed by atoms with Crippen LogP contribution in [0.5, 0.6) is 0 Å². The molecule has 0 aromatic heterocycles. The van der Waals surface area contributed by atoms with Crippen LogP contribution in [-0.4, -0.2) is 33.8 Å². The second-order valence-corrected chi connectivity index (χ2v) is 5.97. The van der Waals surface area contributed by atoms with Gasteiger partial charge in [0.25, 0.3) is 0 Å². The van der Waals surface area contributed by atoms with Crippen LogP contribution >= 0.6 is 0 Å². The maximum atomic E-state index is 12.3. The van der Waals surface area contributed by atoms with E-state index in [1.54, 1.807) is 30.3 Å². The van der Waals surface area contributed by atoms with E-state index in [0.717, 1.165) is 4.31 Å². The van der Waals surface area contributed by atoms with Gasteiger partial charge in [0.2, 0.25) is 10.0 Å². The van der Waals surface area contributed by atoms with Crippen LogP contribution in [0.4, 0.5) is 5.69 Å². The summed E-state index contributed by atoms with van der Waals surface area (Å²) >= 11 is 0. The van der Waals surface area contributed by atoms with Crippen molar-refractivity contribution in [1.29, 1.82) is 5.26 Å². The number of sulfonamides is 1. The van der Waals surface area contributed by atoms with Gasteiger partial charge in [-0.05, 0) is 12.1 Å². The predicted octanol–water partition coefficient (Wildman–Crippen LogP) is 1.30. The molecule has 0 aliphatic heterocycles. The van der Waals surface area contributed by atoms with Gasteiger partial charge in [0, 0.05) is 6.54 Å². The molecule has 1 aromatic rings. The Bertz CT molecular complexity index is 578. The monoisotopic (exact) mass is 296 g/mol. The van der Waals surface area contributed by atoms with Gasteiger partial charge in [-0.3, -0.25) is 9.10 Å². The van der Waals surface area contributed by atoms with Crippen LogP contribution < -0.4 is 4.31 Å². The van der Waals surface area contributed by atoms with E-state index in [2.05, 4.69) is 4.74 Å². The number of nitrogens with zero attached hydrogens (tertiary/aromatic N) is 2. The number of anilines is 1. The Morgan fingerprint density at radius 3 is 2.55 bits per heavy atom. The van der Waals surface area contributed by atoms with E-state index in [1.165, 1.54) is 7.11 Å². The van der Waals surface area contributed by atoms with Gasteiger partial charge in [-0.25, -0.2) is 8.42 Å². The van der Waals surface area contributed by atoms with E-state index >= 15 is 0 Å². The average molecular weight is 296 g/mol. The molecule has 6 nitrogen and oxygen atoms in total. The molecule has 1 rings (SSSR count). The summed E-state index contributed by atoms with van der Waals surface area (Å²) in [5, 5.41) is 8.64. The molecule has 0 saturated heterocycles. The van der Waals surface area contributed by atoms with Crippen molar-refractivity contribution in [2.24, 2.45) is 0 Å². The molecule has 0 aliphatic carbocycles. The largest absolute Gasteiger partial charge is 0.469 e. The molecule has 20 heavy (non-hydrogen) atoms. The van der Waals surface area contributed by atoms with E-state index in [0.29, 0.717) is 5.69 Å². The highest BCUT2D eigenvalue weighted by atomic mass is 32.2. The van der Waals surface area contributed by atoms with Crippen molar-refractivity contribution in [1.82, 2.24) is 0 Å².